The van der Waals surface area contributed by atoms with Gasteiger partial charge in [-0.25, -0.2) is 0 Å². The number of hydrogen-bond donors (Lipinski definition) is 1. The largest absolute Gasteiger partial charge is 0.309 e. The van der Waals surface area contributed by atoms with Crippen molar-refractivity contribution in [3.8, 4) is 0 Å². The highest BCUT2D eigenvalue weighted by Crippen LogP contribution is 2.37. The molecule has 2 heterocycles. The van der Waals surface area contributed by atoms with E-state index >= 15 is 0 Å². The quantitative estimate of drug-likeness (QED) is 0.586. The van der Waals surface area contributed by atoms with Gasteiger partial charge >= 0.3 is 0 Å². The summed E-state index contributed by atoms with van der Waals surface area (Å²) in [5.41, 5.74) is 0.586. The topological polar surface area (TPSA) is 12.0 Å². The monoisotopic (exact) mass is 139 g/mol. The van der Waals surface area contributed by atoms with E-state index in [2.05, 4.69) is 12.2 Å². The minimum Gasteiger partial charge on any atom is -0.309 e. The van der Waals surface area contributed by atoms with Crippen LogP contribution < -0.4 is 5.32 Å². The Morgan fingerprint density at radius 3 is 3.00 bits per heavy atom. The molecule has 0 aliphatic carbocycles. The Kier molecular flexibility index (Phi) is 1.48. The van der Waals surface area contributed by atoms with Crippen molar-refractivity contribution >= 4 is 0 Å². The molecular formula is C9H17N. The lowest BCUT2D eigenvalue weighted by molar-refractivity contribution is 0.267. The molecule has 1 heteroatoms. The van der Waals surface area contributed by atoms with Gasteiger partial charge in [-0.3, -0.25) is 0 Å². The third-order valence-electron chi connectivity index (χ3n) is 3.37. The normalized spacial score (nSPS) is 45.9. The number of nitrogens with one attached hydrogen (secondary N) is 1. The molecule has 58 valence electrons. The minimum absolute atomic E-state index is 0.586. The molecule has 2 fully saturated rings. The second kappa shape index (κ2) is 2.23. The molecule has 0 spiro atoms. The van der Waals surface area contributed by atoms with Gasteiger partial charge in [0.15, 0.2) is 0 Å². The Morgan fingerprint density at radius 1 is 1.40 bits per heavy atom. The van der Waals surface area contributed by atoms with Crippen molar-refractivity contribution in [2.24, 2.45) is 0 Å². The van der Waals surface area contributed by atoms with E-state index in [0.717, 1.165) is 6.04 Å². The van der Waals surface area contributed by atoms with Crippen molar-refractivity contribution in [3.05, 3.63) is 0 Å². The van der Waals surface area contributed by atoms with Crippen LogP contribution in [0.5, 0.6) is 0 Å². The second-order valence-corrected chi connectivity index (χ2v) is 3.91. The molecule has 10 heavy (non-hydrogen) atoms. The number of fused-ring (bicyclic) bond motifs is 2. The summed E-state index contributed by atoms with van der Waals surface area (Å²) in [5.74, 6) is 0. The first-order valence-corrected chi connectivity index (χ1v) is 4.62. The predicted octanol–water partition coefficient (Wildman–Crippen LogP) is 2.07. The van der Waals surface area contributed by atoms with E-state index in [1.165, 1.54) is 38.5 Å². The molecule has 1 N–H and O–H groups in total. The molecule has 2 saturated heterocycles. The van der Waals surface area contributed by atoms with Gasteiger partial charge in [0.2, 0.25) is 0 Å². The fraction of sp³-hybridized carbons (Fsp3) is 1.00. The summed E-state index contributed by atoms with van der Waals surface area (Å²) in [7, 11) is 0. The van der Waals surface area contributed by atoms with Crippen molar-refractivity contribution in [1.82, 2.24) is 5.32 Å². The molecular weight excluding hydrogens is 122 g/mol. The molecule has 0 radical (unpaired) electrons. The Hall–Kier alpha value is -0.0400. The van der Waals surface area contributed by atoms with E-state index in [1.54, 1.807) is 0 Å². The van der Waals surface area contributed by atoms with Gasteiger partial charge in [-0.15, -0.1) is 0 Å². The SMILES string of the molecule is CC[C@]12CCCC(CC1)N2. The Balaban J connectivity index is 2.10. The van der Waals surface area contributed by atoms with Gasteiger partial charge < -0.3 is 5.32 Å². The third kappa shape index (κ3) is 0.878. The Morgan fingerprint density at radius 2 is 2.30 bits per heavy atom. The molecule has 2 rings (SSSR count). The molecule has 2 atom stereocenters. The summed E-state index contributed by atoms with van der Waals surface area (Å²) in [6.07, 6.45) is 8.54. The van der Waals surface area contributed by atoms with Crippen LogP contribution in [-0.2, 0) is 0 Å². The fourth-order valence-electron chi connectivity index (χ4n) is 2.58. The number of hydrogen-bond acceptors (Lipinski definition) is 1. The lowest BCUT2D eigenvalue weighted by Crippen LogP contribution is -2.45. The average Bonchev–Trinajstić information content (AvgIpc) is 2.29. The predicted molar refractivity (Wildman–Crippen MR) is 43.0 cm³/mol. The zero-order valence-corrected chi connectivity index (χ0v) is 6.82. The number of rotatable bonds is 1. The van der Waals surface area contributed by atoms with Crippen LogP contribution in [0.25, 0.3) is 0 Å². The summed E-state index contributed by atoms with van der Waals surface area (Å²) in [6, 6.07) is 0.883. The van der Waals surface area contributed by atoms with E-state index in [9.17, 15) is 0 Å². The van der Waals surface area contributed by atoms with Gasteiger partial charge in [-0.1, -0.05) is 13.3 Å². The lowest BCUT2D eigenvalue weighted by atomic mass is 9.88. The summed E-state index contributed by atoms with van der Waals surface area (Å²) in [4.78, 5) is 0. The zero-order chi connectivity index (χ0) is 7.03. The molecule has 1 unspecified atom stereocenters. The van der Waals surface area contributed by atoms with Crippen LogP contribution in [0.15, 0.2) is 0 Å². The van der Waals surface area contributed by atoms with E-state index in [0.29, 0.717) is 5.54 Å². The highest BCUT2D eigenvalue weighted by molar-refractivity contribution is 5.00. The van der Waals surface area contributed by atoms with Gasteiger partial charge in [0, 0.05) is 11.6 Å². The average molecular weight is 139 g/mol. The maximum Gasteiger partial charge on any atom is 0.0182 e. The molecule has 0 aromatic heterocycles. The second-order valence-electron chi connectivity index (χ2n) is 3.91. The number of piperidine rings is 1. The van der Waals surface area contributed by atoms with Crippen LogP contribution in [0, 0.1) is 0 Å². The summed E-state index contributed by atoms with van der Waals surface area (Å²) < 4.78 is 0. The van der Waals surface area contributed by atoms with Gasteiger partial charge in [0.25, 0.3) is 0 Å². The standard InChI is InChI=1S/C9H17N/c1-2-9-6-3-4-8(10-9)5-7-9/h8,10H,2-7H2,1H3/t8?,9-/m0/s1. The van der Waals surface area contributed by atoms with Gasteiger partial charge in [0.1, 0.15) is 0 Å². The van der Waals surface area contributed by atoms with Crippen LogP contribution in [-0.4, -0.2) is 11.6 Å². The Bertz CT molecular complexity index is 129. The summed E-state index contributed by atoms with van der Waals surface area (Å²) in [6.45, 7) is 2.32. The van der Waals surface area contributed by atoms with E-state index < -0.39 is 0 Å². The first-order chi connectivity index (χ1) is 4.85. The molecule has 2 aliphatic heterocycles. The molecule has 1 nitrogen and oxygen atoms in total. The van der Waals surface area contributed by atoms with Crippen LogP contribution in [0.4, 0.5) is 0 Å². The van der Waals surface area contributed by atoms with Crippen LogP contribution in [0.1, 0.15) is 45.4 Å². The van der Waals surface area contributed by atoms with Crippen molar-refractivity contribution in [1.29, 1.82) is 0 Å². The summed E-state index contributed by atoms with van der Waals surface area (Å²) in [5, 5.41) is 3.75. The van der Waals surface area contributed by atoms with E-state index in [4.69, 9.17) is 0 Å². The van der Waals surface area contributed by atoms with Crippen molar-refractivity contribution < 1.29 is 0 Å². The van der Waals surface area contributed by atoms with E-state index in [-0.39, 0.29) is 0 Å². The zero-order valence-electron chi connectivity index (χ0n) is 6.82. The third-order valence-corrected chi connectivity index (χ3v) is 3.37. The van der Waals surface area contributed by atoms with Crippen molar-refractivity contribution in [3.63, 3.8) is 0 Å². The highest BCUT2D eigenvalue weighted by Gasteiger charge is 2.39. The smallest absolute Gasteiger partial charge is 0.0182 e. The fourth-order valence-corrected chi connectivity index (χ4v) is 2.58. The van der Waals surface area contributed by atoms with Gasteiger partial charge in [-0.2, -0.15) is 0 Å². The minimum atomic E-state index is 0.586. The molecule has 2 aliphatic rings. The molecule has 0 saturated carbocycles. The van der Waals surface area contributed by atoms with Crippen LogP contribution in [0.3, 0.4) is 0 Å². The summed E-state index contributed by atoms with van der Waals surface area (Å²) >= 11 is 0. The maximum absolute atomic E-state index is 3.75. The van der Waals surface area contributed by atoms with Crippen molar-refractivity contribution in [2.45, 2.75) is 57.0 Å². The highest BCUT2D eigenvalue weighted by atomic mass is 15.0. The first-order valence-electron chi connectivity index (χ1n) is 4.62. The Labute approximate surface area is 63.2 Å². The van der Waals surface area contributed by atoms with E-state index in [1.807, 2.05) is 0 Å². The van der Waals surface area contributed by atoms with Crippen LogP contribution in [0.2, 0.25) is 0 Å². The maximum atomic E-state index is 3.75. The molecule has 0 aromatic rings. The van der Waals surface area contributed by atoms with Crippen LogP contribution >= 0.6 is 0 Å². The lowest BCUT2D eigenvalue weighted by Gasteiger charge is -2.33. The molecule has 2 bridgehead atoms. The van der Waals surface area contributed by atoms with Gasteiger partial charge in [-0.05, 0) is 32.1 Å². The first kappa shape index (κ1) is 6.66. The molecule has 0 amide bonds. The van der Waals surface area contributed by atoms with Gasteiger partial charge in [0.05, 0.1) is 0 Å². The molecule has 0 aromatic carbocycles. The van der Waals surface area contributed by atoms with Crippen molar-refractivity contribution in [2.75, 3.05) is 0 Å².